The molecule has 4 aromatic carbocycles. The number of rotatable bonds is 2. The number of carbonyl (C=O) groups is 6. The fraction of sp³-hybridized carbons (Fsp3) is 0. The van der Waals surface area contributed by atoms with Crippen molar-refractivity contribution < 1.29 is 43.0 Å². The minimum absolute atomic E-state index is 0.0333. The summed E-state index contributed by atoms with van der Waals surface area (Å²) in [4.78, 5) is 76.7. The molecule has 0 radical (unpaired) electrons. The summed E-state index contributed by atoms with van der Waals surface area (Å²) in [6, 6.07) is 20.7. The Labute approximate surface area is 219 Å². The standard InChI is InChI=1S/C30H14O9/c31-25-15-7-1-3-9-17(15)27(33)23-19(25)11-5-13-21(23)37-29(35)39-30(36)38-22-14-6-12-20-24(22)28(34)18-10-4-2-8-16(18)26(20)32/h1-14H. The monoisotopic (exact) mass is 518 g/mol. The number of fused-ring (bicyclic) bond motifs is 4. The van der Waals surface area contributed by atoms with Gasteiger partial charge in [-0.1, -0.05) is 72.8 Å². The molecule has 0 N–H and O–H groups in total. The number of ether oxygens (including phenoxy) is 3. The molecule has 4 aromatic rings. The van der Waals surface area contributed by atoms with Gasteiger partial charge in [0.2, 0.25) is 0 Å². The van der Waals surface area contributed by atoms with Crippen LogP contribution in [0.1, 0.15) is 63.7 Å². The second-order valence-electron chi connectivity index (χ2n) is 8.57. The van der Waals surface area contributed by atoms with Gasteiger partial charge in [-0.15, -0.1) is 0 Å². The zero-order chi connectivity index (χ0) is 27.3. The molecule has 0 aromatic heterocycles. The Morgan fingerprint density at radius 3 is 1.13 bits per heavy atom. The van der Waals surface area contributed by atoms with Gasteiger partial charge in [0.25, 0.3) is 0 Å². The number of carbonyl (C=O) groups excluding carboxylic acids is 6. The molecule has 2 aliphatic carbocycles. The normalized spacial score (nSPS) is 13.0. The summed E-state index contributed by atoms with van der Waals surface area (Å²) >= 11 is 0. The van der Waals surface area contributed by atoms with Crippen LogP contribution in [-0.2, 0) is 4.74 Å². The quantitative estimate of drug-likeness (QED) is 0.177. The second kappa shape index (κ2) is 9.00. The van der Waals surface area contributed by atoms with Gasteiger partial charge in [0.15, 0.2) is 23.1 Å². The summed E-state index contributed by atoms with van der Waals surface area (Å²) < 4.78 is 14.8. The van der Waals surface area contributed by atoms with Crippen LogP contribution in [0.2, 0.25) is 0 Å². The molecular weight excluding hydrogens is 504 g/mol. The first kappa shape index (κ1) is 23.7. The maximum Gasteiger partial charge on any atom is 0.524 e. The average Bonchev–Trinajstić information content (AvgIpc) is 2.94. The first-order chi connectivity index (χ1) is 18.8. The van der Waals surface area contributed by atoms with Gasteiger partial charge in [-0.2, -0.15) is 0 Å². The molecule has 0 aliphatic heterocycles. The van der Waals surface area contributed by atoms with Crippen LogP contribution >= 0.6 is 0 Å². The van der Waals surface area contributed by atoms with Crippen LogP contribution in [0.5, 0.6) is 11.5 Å². The molecule has 188 valence electrons. The molecule has 9 nitrogen and oxygen atoms in total. The molecule has 0 fully saturated rings. The predicted molar refractivity (Wildman–Crippen MR) is 133 cm³/mol. The topological polar surface area (TPSA) is 130 Å². The lowest BCUT2D eigenvalue weighted by Crippen LogP contribution is -2.25. The summed E-state index contributed by atoms with van der Waals surface area (Å²) in [5.74, 6) is -2.49. The largest absolute Gasteiger partial charge is 0.524 e. The van der Waals surface area contributed by atoms with Gasteiger partial charge in [0.1, 0.15) is 11.5 Å². The van der Waals surface area contributed by atoms with E-state index in [9.17, 15) is 28.8 Å². The summed E-state index contributed by atoms with van der Waals surface area (Å²) in [6.07, 6.45) is -3.07. The lowest BCUT2D eigenvalue weighted by Gasteiger charge is -2.19. The van der Waals surface area contributed by atoms with Crippen LogP contribution in [0.3, 0.4) is 0 Å². The third-order valence-electron chi connectivity index (χ3n) is 6.38. The molecular formula is C30H14O9. The van der Waals surface area contributed by atoms with Crippen LogP contribution in [0.25, 0.3) is 0 Å². The van der Waals surface area contributed by atoms with Crippen molar-refractivity contribution >= 4 is 35.4 Å². The van der Waals surface area contributed by atoms with Crippen LogP contribution in [-0.4, -0.2) is 35.4 Å². The maximum atomic E-state index is 13.1. The number of benzene rings is 4. The summed E-state index contributed by atoms with van der Waals surface area (Å²) in [6.45, 7) is 0. The molecule has 0 saturated heterocycles. The Morgan fingerprint density at radius 2 is 0.744 bits per heavy atom. The van der Waals surface area contributed by atoms with E-state index in [2.05, 4.69) is 4.74 Å². The van der Waals surface area contributed by atoms with Gasteiger partial charge in [-0.05, 0) is 12.1 Å². The summed E-state index contributed by atoms with van der Waals surface area (Å²) in [5.41, 5.74) is 0.511. The van der Waals surface area contributed by atoms with Crippen LogP contribution < -0.4 is 9.47 Å². The molecule has 6 rings (SSSR count). The minimum atomic E-state index is -1.54. The first-order valence-electron chi connectivity index (χ1n) is 11.6. The highest BCUT2D eigenvalue weighted by Gasteiger charge is 2.34. The van der Waals surface area contributed by atoms with Crippen LogP contribution in [0.4, 0.5) is 9.59 Å². The van der Waals surface area contributed by atoms with Crippen molar-refractivity contribution in [1.29, 1.82) is 0 Å². The first-order valence-corrected chi connectivity index (χ1v) is 11.6. The van der Waals surface area contributed by atoms with Gasteiger partial charge in [0.05, 0.1) is 11.1 Å². The molecule has 39 heavy (non-hydrogen) atoms. The van der Waals surface area contributed by atoms with Crippen molar-refractivity contribution in [3.8, 4) is 11.5 Å². The van der Waals surface area contributed by atoms with Gasteiger partial charge in [-0.25, -0.2) is 9.59 Å². The summed E-state index contributed by atoms with van der Waals surface area (Å²) in [5, 5.41) is 0. The smallest absolute Gasteiger partial charge is 0.394 e. The minimum Gasteiger partial charge on any atom is -0.394 e. The second-order valence-corrected chi connectivity index (χ2v) is 8.57. The molecule has 0 atom stereocenters. The molecule has 0 heterocycles. The zero-order valence-electron chi connectivity index (χ0n) is 19.8. The molecule has 0 saturated carbocycles. The Kier molecular flexibility index (Phi) is 5.46. The van der Waals surface area contributed by atoms with Crippen molar-refractivity contribution in [1.82, 2.24) is 0 Å². The van der Waals surface area contributed by atoms with Crippen molar-refractivity contribution in [2.75, 3.05) is 0 Å². The van der Waals surface area contributed by atoms with Crippen molar-refractivity contribution in [3.05, 3.63) is 129 Å². The molecule has 0 bridgehead atoms. The maximum absolute atomic E-state index is 13.1. The highest BCUT2D eigenvalue weighted by molar-refractivity contribution is 6.30. The fourth-order valence-electron chi connectivity index (χ4n) is 4.69. The van der Waals surface area contributed by atoms with E-state index in [-0.39, 0.29) is 56.0 Å². The third kappa shape index (κ3) is 3.80. The van der Waals surface area contributed by atoms with E-state index in [1.54, 1.807) is 24.3 Å². The molecule has 0 unspecified atom stereocenters. The van der Waals surface area contributed by atoms with E-state index >= 15 is 0 Å². The number of ketones is 4. The average molecular weight is 518 g/mol. The van der Waals surface area contributed by atoms with Crippen molar-refractivity contribution in [3.63, 3.8) is 0 Å². The number of hydrogen-bond donors (Lipinski definition) is 0. The fourth-order valence-corrected chi connectivity index (χ4v) is 4.69. The van der Waals surface area contributed by atoms with Crippen molar-refractivity contribution in [2.24, 2.45) is 0 Å². The van der Waals surface area contributed by atoms with E-state index in [0.29, 0.717) is 0 Å². The molecule has 2 aliphatic rings. The highest BCUT2D eigenvalue weighted by atomic mass is 16.8. The highest BCUT2D eigenvalue weighted by Crippen LogP contribution is 2.35. The number of hydrogen-bond acceptors (Lipinski definition) is 9. The van der Waals surface area contributed by atoms with Gasteiger partial charge < -0.3 is 14.2 Å². The van der Waals surface area contributed by atoms with Gasteiger partial charge in [-0.3, -0.25) is 19.2 Å². The van der Waals surface area contributed by atoms with E-state index in [1.807, 2.05) is 0 Å². The van der Waals surface area contributed by atoms with Crippen molar-refractivity contribution in [2.45, 2.75) is 0 Å². The Bertz CT molecular complexity index is 1670. The van der Waals surface area contributed by atoms with Crippen LogP contribution in [0, 0.1) is 0 Å². The molecule has 0 spiro atoms. The Balaban J connectivity index is 1.22. The Hall–Kier alpha value is -5.70. The van der Waals surface area contributed by atoms with E-state index in [0.717, 1.165) is 0 Å². The van der Waals surface area contributed by atoms with Gasteiger partial charge in [0, 0.05) is 33.4 Å². The van der Waals surface area contributed by atoms with Gasteiger partial charge >= 0.3 is 12.3 Å². The zero-order valence-corrected chi connectivity index (χ0v) is 19.8. The molecule has 0 amide bonds. The summed E-state index contributed by atoms with van der Waals surface area (Å²) in [7, 11) is 0. The molecule has 9 heteroatoms. The van der Waals surface area contributed by atoms with E-state index in [1.165, 1.54) is 60.7 Å². The predicted octanol–water partition coefficient (Wildman–Crippen LogP) is 4.95. The van der Waals surface area contributed by atoms with Crippen LogP contribution in [0.15, 0.2) is 84.9 Å². The third-order valence-corrected chi connectivity index (χ3v) is 6.38. The lowest BCUT2D eigenvalue weighted by atomic mass is 9.84. The van der Waals surface area contributed by atoms with E-state index < -0.39 is 35.4 Å². The SMILES string of the molecule is O=C(OC(=O)Oc1cccc2c1C(=O)c1ccccc1C2=O)Oc1cccc2c1C(=O)c1ccccc1C2=O. The lowest BCUT2D eigenvalue weighted by molar-refractivity contribution is 0.0875. The van der Waals surface area contributed by atoms with E-state index in [4.69, 9.17) is 9.47 Å². The Morgan fingerprint density at radius 1 is 0.410 bits per heavy atom.